The highest BCUT2D eigenvalue weighted by molar-refractivity contribution is 5.56. The summed E-state index contributed by atoms with van der Waals surface area (Å²) in [5, 5.41) is 0. The van der Waals surface area contributed by atoms with Crippen molar-refractivity contribution >= 4 is 11.4 Å². The molecule has 0 amide bonds. The fourth-order valence-electron chi connectivity index (χ4n) is 9.75. The zero-order valence-corrected chi connectivity index (χ0v) is 24.4. The van der Waals surface area contributed by atoms with Crippen LogP contribution in [0.3, 0.4) is 0 Å². The Morgan fingerprint density at radius 3 is 2.54 bits per heavy atom. The largest absolute Gasteiger partial charge is 0.399 e. The van der Waals surface area contributed by atoms with Gasteiger partial charge in [-0.15, -0.1) is 0 Å². The summed E-state index contributed by atoms with van der Waals surface area (Å²) in [7, 11) is 0. The molecule has 0 saturated heterocycles. The number of benzene rings is 1. The molecule has 206 valence electrons. The highest BCUT2D eigenvalue weighted by Gasteiger charge is 2.59. The SMILES string of the molecule is CC(C)CCC[C@@H](C)[C@H]1CC[C@H]2[C@@H]3CC=C4C[C@@H](OCc5ccc(N)cc5N)CC[C@]4(C)[C@H]3CC[C@]12C. The van der Waals surface area contributed by atoms with Gasteiger partial charge >= 0.3 is 0 Å². The predicted molar refractivity (Wildman–Crippen MR) is 157 cm³/mol. The Morgan fingerprint density at radius 1 is 0.973 bits per heavy atom. The van der Waals surface area contributed by atoms with Gasteiger partial charge < -0.3 is 16.2 Å². The molecule has 1 aromatic carbocycles. The van der Waals surface area contributed by atoms with Crippen molar-refractivity contribution in [1.82, 2.24) is 0 Å². The Balaban J connectivity index is 1.23. The molecular formula is C34H54N2O. The second kappa shape index (κ2) is 10.6. The summed E-state index contributed by atoms with van der Waals surface area (Å²) < 4.78 is 6.43. The van der Waals surface area contributed by atoms with Crippen LogP contribution >= 0.6 is 0 Å². The van der Waals surface area contributed by atoms with Gasteiger partial charge in [0.05, 0.1) is 12.7 Å². The normalized spacial score (nSPS) is 38.0. The van der Waals surface area contributed by atoms with Crippen LogP contribution in [0.1, 0.15) is 111 Å². The van der Waals surface area contributed by atoms with Gasteiger partial charge in [0.2, 0.25) is 0 Å². The van der Waals surface area contributed by atoms with E-state index in [0.717, 1.165) is 53.2 Å². The smallest absolute Gasteiger partial charge is 0.0740 e. The third-order valence-corrected chi connectivity index (χ3v) is 11.9. The molecule has 37 heavy (non-hydrogen) atoms. The van der Waals surface area contributed by atoms with E-state index >= 15 is 0 Å². The van der Waals surface area contributed by atoms with Crippen molar-refractivity contribution in [2.45, 2.75) is 118 Å². The van der Waals surface area contributed by atoms with E-state index in [9.17, 15) is 0 Å². The van der Waals surface area contributed by atoms with Crippen molar-refractivity contribution in [3.05, 3.63) is 35.4 Å². The van der Waals surface area contributed by atoms with Crippen molar-refractivity contribution in [1.29, 1.82) is 0 Å². The number of hydrogen-bond acceptors (Lipinski definition) is 3. The number of hydrogen-bond donors (Lipinski definition) is 2. The van der Waals surface area contributed by atoms with Crippen molar-refractivity contribution in [2.24, 2.45) is 46.3 Å². The quantitative estimate of drug-likeness (QED) is 0.273. The van der Waals surface area contributed by atoms with Crippen LogP contribution in [0.25, 0.3) is 0 Å². The van der Waals surface area contributed by atoms with Crippen LogP contribution in [0.15, 0.2) is 29.8 Å². The zero-order chi connectivity index (χ0) is 26.4. The Hall–Kier alpha value is -1.48. The first-order chi connectivity index (χ1) is 17.6. The van der Waals surface area contributed by atoms with Gasteiger partial charge in [-0.1, -0.05) is 71.6 Å². The van der Waals surface area contributed by atoms with E-state index in [-0.39, 0.29) is 0 Å². The standard InChI is InChI=1S/C34H54N2O/c1-22(2)7-6-8-23(3)29-13-14-30-28-12-10-25-19-27(37-21-24-9-11-26(35)20-32(24)36)15-17-33(25,4)31(28)16-18-34(29,30)5/h9-11,20,22-23,27-31H,6-8,12-19,21,35-36H2,1-5H3/t23-,27+,28+,29-,30+,31+,33+,34-/m1/s1. The first kappa shape index (κ1) is 27.1. The van der Waals surface area contributed by atoms with Gasteiger partial charge in [0.15, 0.2) is 0 Å². The third kappa shape index (κ3) is 5.11. The fraction of sp³-hybridized carbons (Fsp3) is 0.765. The molecule has 3 heteroatoms. The molecule has 4 aliphatic carbocycles. The maximum Gasteiger partial charge on any atom is 0.0740 e. The molecule has 3 saturated carbocycles. The molecule has 1 aromatic rings. The van der Waals surface area contributed by atoms with E-state index in [1.165, 1.54) is 64.2 Å². The average Bonchev–Trinajstić information content (AvgIpc) is 3.20. The molecule has 3 nitrogen and oxygen atoms in total. The minimum absolute atomic E-state index is 0.309. The Morgan fingerprint density at radius 2 is 1.78 bits per heavy atom. The van der Waals surface area contributed by atoms with E-state index in [2.05, 4.69) is 40.7 Å². The van der Waals surface area contributed by atoms with Crippen LogP contribution in [-0.2, 0) is 11.3 Å². The van der Waals surface area contributed by atoms with E-state index in [1.807, 2.05) is 18.2 Å². The monoisotopic (exact) mass is 506 g/mol. The molecule has 8 atom stereocenters. The predicted octanol–water partition coefficient (Wildman–Crippen LogP) is 8.78. The lowest BCUT2D eigenvalue weighted by atomic mass is 9.47. The van der Waals surface area contributed by atoms with Crippen LogP contribution < -0.4 is 11.5 Å². The minimum atomic E-state index is 0.309. The molecule has 0 bridgehead atoms. The first-order valence-electron chi connectivity index (χ1n) is 15.6. The summed E-state index contributed by atoms with van der Waals surface area (Å²) in [5.41, 5.74) is 17.2. The molecular weight excluding hydrogens is 452 g/mol. The molecule has 0 aliphatic heterocycles. The Labute approximate surface area is 227 Å². The number of nitrogens with two attached hydrogens (primary N) is 2. The molecule has 0 unspecified atom stereocenters. The second-order valence-corrected chi connectivity index (χ2v) is 14.4. The highest BCUT2D eigenvalue weighted by atomic mass is 16.5. The number of allylic oxidation sites excluding steroid dienone is 1. The molecule has 4 aliphatic rings. The van der Waals surface area contributed by atoms with Crippen LogP contribution in [0.5, 0.6) is 0 Å². The molecule has 3 fully saturated rings. The lowest BCUT2D eigenvalue weighted by molar-refractivity contribution is -0.0656. The summed E-state index contributed by atoms with van der Waals surface area (Å²) >= 11 is 0. The van der Waals surface area contributed by atoms with Gasteiger partial charge in [0, 0.05) is 16.9 Å². The van der Waals surface area contributed by atoms with Gasteiger partial charge in [-0.05, 0) is 110 Å². The van der Waals surface area contributed by atoms with Crippen molar-refractivity contribution in [2.75, 3.05) is 11.5 Å². The molecule has 0 aromatic heterocycles. The van der Waals surface area contributed by atoms with Gasteiger partial charge in [-0.2, -0.15) is 0 Å². The summed E-state index contributed by atoms with van der Waals surface area (Å²) in [6, 6.07) is 5.78. The molecule has 0 spiro atoms. The van der Waals surface area contributed by atoms with Crippen molar-refractivity contribution < 1.29 is 4.74 Å². The van der Waals surface area contributed by atoms with Crippen LogP contribution in [-0.4, -0.2) is 6.10 Å². The average molecular weight is 507 g/mol. The van der Waals surface area contributed by atoms with Gasteiger partial charge in [0.1, 0.15) is 0 Å². The summed E-state index contributed by atoms with van der Waals surface area (Å²) in [4.78, 5) is 0. The van der Waals surface area contributed by atoms with E-state index in [0.29, 0.717) is 29.2 Å². The Bertz CT molecular complexity index is 984. The van der Waals surface area contributed by atoms with Gasteiger partial charge in [-0.3, -0.25) is 0 Å². The molecule has 5 rings (SSSR count). The lowest BCUT2D eigenvalue weighted by Gasteiger charge is -2.58. The number of fused-ring (bicyclic) bond motifs is 5. The third-order valence-electron chi connectivity index (χ3n) is 11.9. The van der Waals surface area contributed by atoms with Crippen molar-refractivity contribution in [3.63, 3.8) is 0 Å². The van der Waals surface area contributed by atoms with E-state index in [4.69, 9.17) is 16.2 Å². The second-order valence-electron chi connectivity index (χ2n) is 14.4. The number of anilines is 2. The molecule has 4 N–H and O–H groups in total. The number of ether oxygens (including phenoxy) is 1. The van der Waals surface area contributed by atoms with E-state index < -0.39 is 0 Å². The maximum absolute atomic E-state index is 6.43. The van der Waals surface area contributed by atoms with Gasteiger partial charge in [0.25, 0.3) is 0 Å². The molecule has 0 radical (unpaired) electrons. The lowest BCUT2D eigenvalue weighted by Crippen LogP contribution is -2.51. The molecule has 0 heterocycles. The van der Waals surface area contributed by atoms with Gasteiger partial charge in [-0.25, -0.2) is 0 Å². The fourth-order valence-corrected chi connectivity index (χ4v) is 9.75. The van der Waals surface area contributed by atoms with Crippen LogP contribution in [0, 0.1) is 46.3 Å². The minimum Gasteiger partial charge on any atom is -0.399 e. The van der Waals surface area contributed by atoms with Crippen molar-refractivity contribution in [3.8, 4) is 0 Å². The van der Waals surface area contributed by atoms with E-state index in [1.54, 1.807) is 5.57 Å². The topological polar surface area (TPSA) is 61.3 Å². The Kier molecular flexibility index (Phi) is 7.76. The summed E-state index contributed by atoms with van der Waals surface area (Å²) in [5.74, 6) is 5.37. The zero-order valence-electron chi connectivity index (χ0n) is 24.4. The maximum atomic E-state index is 6.43. The number of nitrogen functional groups attached to an aromatic ring is 2. The summed E-state index contributed by atoms with van der Waals surface area (Å²) in [6.45, 7) is 13.3. The first-order valence-corrected chi connectivity index (χ1v) is 15.6. The highest BCUT2D eigenvalue weighted by Crippen LogP contribution is 2.67. The summed E-state index contributed by atoms with van der Waals surface area (Å²) in [6.07, 6.45) is 17.9. The van der Waals surface area contributed by atoms with Crippen LogP contribution in [0.4, 0.5) is 11.4 Å². The van der Waals surface area contributed by atoms with Crippen LogP contribution in [0.2, 0.25) is 0 Å². The number of rotatable bonds is 8.